The lowest BCUT2D eigenvalue weighted by molar-refractivity contribution is -0.150. The van der Waals surface area contributed by atoms with Gasteiger partial charge in [-0.2, -0.15) is 0 Å². The molecule has 2 aliphatic rings. The zero-order valence-corrected chi connectivity index (χ0v) is 15.5. The molecule has 7 heteroatoms. The molecular weight excluding hydrogens is 358 g/mol. The summed E-state index contributed by atoms with van der Waals surface area (Å²) in [7, 11) is 2.70. The molecule has 1 atom stereocenters. The van der Waals surface area contributed by atoms with E-state index in [0.29, 0.717) is 11.1 Å². The minimum atomic E-state index is -1.16. The van der Waals surface area contributed by atoms with Crippen LogP contribution in [0.3, 0.4) is 0 Å². The van der Waals surface area contributed by atoms with Crippen molar-refractivity contribution < 1.29 is 19.2 Å². The van der Waals surface area contributed by atoms with E-state index in [2.05, 4.69) is 0 Å². The second-order valence-electron chi connectivity index (χ2n) is 7.01. The largest absolute Gasteiger partial charge is 0.332 e. The van der Waals surface area contributed by atoms with Crippen molar-refractivity contribution in [3.63, 3.8) is 0 Å². The molecule has 0 spiro atoms. The normalized spacial score (nSPS) is 20.2. The zero-order valence-electron chi connectivity index (χ0n) is 15.5. The van der Waals surface area contributed by atoms with Gasteiger partial charge in [0.2, 0.25) is 11.8 Å². The number of hydrogen-bond donors (Lipinski definition) is 0. The summed E-state index contributed by atoms with van der Waals surface area (Å²) in [5.41, 5.74) is 2.00. The number of rotatable bonds is 3. The Labute approximate surface area is 162 Å². The van der Waals surface area contributed by atoms with Gasteiger partial charge in [-0.05, 0) is 17.2 Å². The molecule has 5 amide bonds. The van der Waals surface area contributed by atoms with E-state index in [4.69, 9.17) is 0 Å². The lowest BCUT2D eigenvalue weighted by Crippen LogP contribution is -2.59. The van der Waals surface area contributed by atoms with E-state index in [1.165, 1.54) is 14.1 Å². The fourth-order valence-electron chi connectivity index (χ4n) is 3.91. The van der Waals surface area contributed by atoms with Gasteiger partial charge in [0.25, 0.3) is 5.91 Å². The summed E-state index contributed by atoms with van der Waals surface area (Å²) in [6.45, 7) is 0.261. The van der Waals surface area contributed by atoms with Gasteiger partial charge in [0.1, 0.15) is 5.92 Å². The van der Waals surface area contributed by atoms with Gasteiger partial charge >= 0.3 is 6.03 Å². The third-order valence-electron chi connectivity index (χ3n) is 5.39. The van der Waals surface area contributed by atoms with Crippen LogP contribution in [0.4, 0.5) is 4.79 Å². The third kappa shape index (κ3) is 2.58. The number of amides is 5. The lowest BCUT2D eigenvalue weighted by Gasteiger charge is -2.38. The van der Waals surface area contributed by atoms with Crippen LogP contribution in [0.5, 0.6) is 0 Å². The average Bonchev–Trinajstić information content (AvgIpc) is 2.98. The molecule has 0 N–H and O–H groups in total. The molecule has 142 valence electrons. The monoisotopic (exact) mass is 377 g/mol. The van der Waals surface area contributed by atoms with Crippen molar-refractivity contribution in [2.75, 3.05) is 14.1 Å². The molecule has 0 unspecified atom stereocenters. The van der Waals surface area contributed by atoms with Crippen molar-refractivity contribution in [2.24, 2.45) is 5.92 Å². The highest BCUT2D eigenvalue weighted by Crippen LogP contribution is 2.42. The first-order chi connectivity index (χ1) is 13.4. The van der Waals surface area contributed by atoms with Gasteiger partial charge in [0, 0.05) is 26.2 Å². The summed E-state index contributed by atoms with van der Waals surface area (Å²) in [5.74, 6) is -2.59. The summed E-state index contributed by atoms with van der Waals surface area (Å²) < 4.78 is 0. The van der Waals surface area contributed by atoms with Gasteiger partial charge in [-0.1, -0.05) is 48.5 Å². The first kappa shape index (κ1) is 17.9. The number of urea groups is 1. The molecule has 1 fully saturated rings. The van der Waals surface area contributed by atoms with E-state index in [-0.39, 0.29) is 12.5 Å². The predicted octanol–water partition coefficient (Wildman–Crippen LogP) is 2.05. The van der Waals surface area contributed by atoms with Crippen molar-refractivity contribution in [1.82, 2.24) is 14.7 Å². The molecule has 2 aliphatic heterocycles. The molecule has 7 nitrogen and oxygen atoms in total. The van der Waals surface area contributed by atoms with Crippen molar-refractivity contribution in [1.29, 1.82) is 0 Å². The van der Waals surface area contributed by atoms with Crippen LogP contribution < -0.4 is 0 Å². The molecule has 0 radical (unpaired) electrons. The van der Waals surface area contributed by atoms with Crippen LogP contribution in [0.1, 0.15) is 27.5 Å². The minimum absolute atomic E-state index is 0.229. The number of carbonyl (C=O) groups excluding carboxylic acids is 4. The van der Waals surface area contributed by atoms with Gasteiger partial charge in [0.15, 0.2) is 0 Å². The third-order valence-corrected chi connectivity index (χ3v) is 5.39. The molecule has 1 saturated heterocycles. The second kappa shape index (κ2) is 6.60. The SMILES string of the molecule is CN1C(=O)C([C@@H]2c3ccccc3C(=O)N2Cc2ccccc2)C(=O)N(C)C1=O. The maximum absolute atomic E-state index is 13.1. The van der Waals surface area contributed by atoms with E-state index in [1.807, 2.05) is 30.3 Å². The van der Waals surface area contributed by atoms with Crippen LogP contribution in [0, 0.1) is 5.92 Å². The van der Waals surface area contributed by atoms with E-state index in [9.17, 15) is 19.2 Å². The number of hydrogen-bond acceptors (Lipinski definition) is 4. The molecule has 0 aromatic heterocycles. The molecular formula is C21H19N3O4. The maximum Gasteiger partial charge on any atom is 0.332 e. The first-order valence-electron chi connectivity index (χ1n) is 8.94. The van der Waals surface area contributed by atoms with E-state index < -0.39 is 29.8 Å². The Hall–Kier alpha value is -3.48. The van der Waals surface area contributed by atoms with Gasteiger partial charge in [-0.3, -0.25) is 24.2 Å². The fourth-order valence-corrected chi connectivity index (χ4v) is 3.91. The number of carbonyl (C=O) groups is 4. The Kier molecular flexibility index (Phi) is 4.22. The van der Waals surface area contributed by atoms with E-state index in [1.54, 1.807) is 29.2 Å². The zero-order chi connectivity index (χ0) is 20.0. The Morgan fingerprint density at radius 2 is 1.36 bits per heavy atom. The number of nitrogens with zero attached hydrogens (tertiary/aromatic N) is 3. The molecule has 2 heterocycles. The molecule has 0 aliphatic carbocycles. The number of benzene rings is 2. The van der Waals surface area contributed by atoms with Crippen LogP contribution in [-0.4, -0.2) is 52.5 Å². The van der Waals surface area contributed by atoms with Crippen LogP contribution in [-0.2, 0) is 16.1 Å². The quantitative estimate of drug-likeness (QED) is 0.767. The predicted molar refractivity (Wildman–Crippen MR) is 99.9 cm³/mol. The summed E-state index contributed by atoms with van der Waals surface area (Å²) in [5, 5.41) is 0. The highest BCUT2D eigenvalue weighted by atomic mass is 16.2. The smallest absolute Gasteiger partial charge is 0.326 e. The Balaban J connectivity index is 1.81. The topological polar surface area (TPSA) is 78.0 Å². The summed E-state index contributed by atoms with van der Waals surface area (Å²) in [4.78, 5) is 54.5. The summed E-state index contributed by atoms with van der Waals surface area (Å²) in [6.07, 6.45) is 0. The number of fused-ring (bicyclic) bond motifs is 1. The lowest BCUT2D eigenvalue weighted by atomic mass is 9.89. The van der Waals surface area contributed by atoms with Crippen LogP contribution in [0.25, 0.3) is 0 Å². The summed E-state index contributed by atoms with van der Waals surface area (Å²) >= 11 is 0. The van der Waals surface area contributed by atoms with Gasteiger partial charge in [0.05, 0.1) is 6.04 Å². The van der Waals surface area contributed by atoms with Crippen LogP contribution in [0.2, 0.25) is 0 Å². The Bertz CT molecular complexity index is 964. The van der Waals surface area contributed by atoms with Crippen molar-refractivity contribution in [3.05, 3.63) is 71.3 Å². The minimum Gasteiger partial charge on any atom is -0.326 e. The average molecular weight is 377 g/mol. The van der Waals surface area contributed by atoms with Gasteiger partial charge < -0.3 is 4.90 Å². The van der Waals surface area contributed by atoms with Crippen LogP contribution >= 0.6 is 0 Å². The van der Waals surface area contributed by atoms with Crippen molar-refractivity contribution >= 4 is 23.8 Å². The molecule has 28 heavy (non-hydrogen) atoms. The standard InChI is InChI=1S/C21H19N3O4/c1-22-19(26)16(20(27)23(2)21(22)28)17-14-10-6-7-11-15(14)18(25)24(17)12-13-8-4-3-5-9-13/h3-11,16-17H,12H2,1-2H3/t17-/m0/s1. The Morgan fingerprint density at radius 3 is 2.00 bits per heavy atom. The van der Waals surface area contributed by atoms with E-state index in [0.717, 1.165) is 15.4 Å². The molecule has 0 bridgehead atoms. The highest BCUT2D eigenvalue weighted by molar-refractivity contribution is 6.17. The van der Waals surface area contributed by atoms with Crippen molar-refractivity contribution in [3.8, 4) is 0 Å². The van der Waals surface area contributed by atoms with Crippen LogP contribution in [0.15, 0.2) is 54.6 Å². The Morgan fingerprint density at radius 1 is 0.786 bits per heavy atom. The van der Waals surface area contributed by atoms with Crippen molar-refractivity contribution in [2.45, 2.75) is 12.6 Å². The number of barbiturate groups is 1. The first-order valence-corrected chi connectivity index (χ1v) is 8.94. The fraction of sp³-hybridized carbons (Fsp3) is 0.238. The molecule has 4 rings (SSSR count). The molecule has 2 aromatic rings. The highest BCUT2D eigenvalue weighted by Gasteiger charge is 2.52. The molecule has 2 aromatic carbocycles. The maximum atomic E-state index is 13.1. The van der Waals surface area contributed by atoms with Gasteiger partial charge in [-0.25, -0.2) is 4.79 Å². The number of imide groups is 2. The van der Waals surface area contributed by atoms with Gasteiger partial charge in [-0.15, -0.1) is 0 Å². The second-order valence-corrected chi connectivity index (χ2v) is 7.01. The summed E-state index contributed by atoms with van der Waals surface area (Å²) in [6, 6.07) is 15.0. The molecule has 0 saturated carbocycles. The van der Waals surface area contributed by atoms with E-state index >= 15 is 0 Å².